The summed E-state index contributed by atoms with van der Waals surface area (Å²) in [4.78, 5) is 0. The van der Waals surface area contributed by atoms with E-state index in [9.17, 15) is 4.57 Å². The molecule has 0 unspecified atom stereocenters. The van der Waals surface area contributed by atoms with Gasteiger partial charge in [-0.3, -0.25) is 4.57 Å². The maximum absolute atomic E-state index is 12.7. The maximum atomic E-state index is 12.7. The average Bonchev–Trinajstić information content (AvgIpc) is 2.50. The van der Waals surface area contributed by atoms with Crippen LogP contribution in [0.25, 0.3) is 0 Å². The minimum atomic E-state index is -3.02. The Morgan fingerprint density at radius 1 is 1.19 bits per heavy atom. The van der Waals surface area contributed by atoms with Gasteiger partial charge in [-0.2, -0.15) is 0 Å². The number of anilines is 1. The van der Waals surface area contributed by atoms with Gasteiger partial charge in [-0.15, -0.1) is 0 Å². The Balaban J connectivity index is 1.97. The summed E-state index contributed by atoms with van der Waals surface area (Å²) in [6.07, 6.45) is 4.70. The van der Waals surface area contributed by atoms with Crippen LogP contribution in [0.1, 0.15) is 45.1 Å². The molecule has 0 amide bonds. The first-order valence-corrected chi connectivity index (χ1v) is 9.46. The molecule has 4 nitrogen and oxygen atoms in total. The van der Waals surface area contributed by atoms with Crippen molar-refractivity contribution in [3.8, 4) is 0 Å². The lowest BCUT2D eigenvalue weighted by molar-refractivity contribution is 0.00654. The summed E-state index contributed by atoms with van der Waals surface area (Å²) in [6.45, 7) is 5.41. The SMILES string of the molecule is CCCCC1(CC)COP(=O)(Cc2ccc(N)cc2)OC1. The highest BCUT2D eigenvalue weighted by Crippen LogP contribution is 2.57. The fraction of sp³-hybridized carbons (Fsp3) is 0.625. The van der Waals surface area contributed by atoms with Gasteiger partial charge < -0.3 is 14.8 Å². The lowest BCUT2D eigenvalue weighted by Gasteiger charge is -2.39. The molecule has 0 radical (unpaired) electrons. The molecular formula is C16H26NO3P. The Morgan fingerprint density at radius 2 is 1.81 bits per heavy atom. The standard InChI is InChI=1S/C16H26NO3P/c1-3-5-10-16(4-2)12-19-21(18,20-13-16)11-14-6-8-15(17)9-7-14/h6-9H,3-5,10-13,17H2,1-2H3. The second-order valence-corrected chi connectivity index (χ2v) is 8.07. The quantitative estimate of drug-likeness (QED) is 0.616. The third kappa shape index (κ3) is 4.32. The molecule has 1 heterocycles. The van der Waals surface area contributed by atoms with Gasteiger partial charge in [-0.05, 0) is 30.5 Å². The molecule has 1 aromatic rings. The van der Waals surface area contributed by atoms with Crippen LogP contribution in [0.5, 0.6) is 0 Å². The number of hydrogen-bond acceptors (Lipinski definition) is 4. The third-order valence-electron chi connectivity index (χ3n) is 4.30. The van der Waals surface area contributed by atoms with Gasteiger partial charge in [0, 0.05) is 11.1 Å². The normalized spacial score (nSPS) is 29.4. The predicted molar refractivity (Wildman–Crippen MR) is 86.3 cm³/mol. The van der Waals surface area contributed by atoms with E-state index in [-0.39, 0.29) is 5.41 Å². The van der Waals surface area contributed by atoms with Crippen LogP contribution in [0.4, 0.5) is 5.69 Å². The van der Waals surface area contributed by atoms with Crippen molar-refractivity contribution in [3.05, 3.63) is 29.8 Å². The zero-order valence-corrected chi connectivity index (χ0v) is 13.9. The number of hydrogen-bond donors (Lipinski definition) is 1. The topological polar surface area (TPSA) is 61.5 Å². The van der Waals surface area contributed by atoms with Crippen molar-refractivity contribution in [2.45, 2.75) is 45.7 Å². The molecule has 21 heavy (non-hydrogen) atoms. The molecule has 5 heteroatoms. The molecule has 0 aliphatic carbocycles. The summed E-state index contributed by atoms with van der Waals surface area (Å²) in [7, 11) is -3.02. The summed E-state index contributed by atoms with van der Waals surface area (Å²) in [5.41, 5.74) is 7.33. The van der Waals surface area contributed by atoms with E-state index in [1.807, 2.05) is 24.3 Å². The van der Waals surface area contributed by atoms with Crippen LogP contribution in [0.15, 0.2) is 24.3 Å². The van der Waals surface area contributed by atoms with Crippen LogP contribution >= 0.6 is 7.60 Å². The first-order chi connectivity index (χ1) is 10.0. The van der Waals surface area contributed by atoms with E-state index in [4.69, 9.17) is 14.8 Å². The smallest absolute Gasteiger partial charge is 0.335 e. The fourth-order valence-electron chi connectivity index (χ4n) is 2.56. The Bertz CT molecular complexity index is 489. The molecular weight excluding hydrogens is 285 g/mol. The van der Waals surface area contributed by atoms with Gasteiger partial charge in [0.05, 0.1) is 19.4 Å². The molecule has 1 aromatic carbocycles. The largest absolute Gasteiger partial charge is 0.399 e. The molecule has 1 saturated heterocycles. The fourth-order valence-corrected chi connectivity index (χ4v) is 4.42. The van der Waals surface area contributed by atoms with E-state index in [1.54, 1.807) is 0 Å². The van der Waals surface area contributed by atoms with Gasteiger partial charge >= 0.3 is 7.60 Å². The molecule has 1 aliphatic rings. The summed E-state index contributed by atoms with van der Waals surface area (Å²) in [5.74, 6) is 0. The first kappa shape index (κ1) is 16.5. The minimum absolute atomic E-state index is 0.0328. The van der Waals surface area contributed by atoms with Crippen molar-refractivity contribution in [1.29, 1.82) is 0 Å². The van der Waals surface area contributed by atoms with Gasteiger partial charge in [0.15, 0.2) is 0 Å². The first-order valence-electron chi connectivity index (χ1n) is 7.73. The Labute approximate surface area is 127 Å². The third-order valence-corrected chi connectivity index (χ3v) is 6.10. The van der Waals surface area contributed by atoms with Crippen LogP contribution in [-0.4, -0.2) is 13.2 Å². The molecule has 0 saturated carbocycles. The molecule has 0 spiro atoms. The Morgan fingerprint density at radius 3 is 2.33 bits per heavy atom. The zero-order chi connectivity index (χ0) is 15.3. The van der Waals surface area contributed by atoms with Crippen molar-refractivity contribution < 1.29 is 13.6 Å². The predicted octanol–water partition coefficient (Wildman–Crippen LogP) is 4.60. The van der Waals surface area contributed by atoms with Gasteiger partial charge in [-0.25, -0.2) is 0 Å². The molecule has 1 aliphatic heterocycles. The summed E-state index contributed by atoms with van der Waals surface area (Å²) < 4.78 is 24.1. The van der Waals surface area contributed by atoms with E-state index in [0.29, 0.717) is 25.1 Å². The summed E-state index contributed by atoms with van der Waals surface area (Å²) >= 11 is 0. The highest BCUT2D eigenvalue weighted by Gasteiger charge is 2.40. The lowest BCUT2D eigenvalue weighted by Crippen LogP contribution is -2.35. The summed E-state index contributed by atoms with van der Waals surface area (Å²) in [6, 6.07) is 7.37. The van der Waals surface area contributed by atoms with Crippen molar-refractivity contribution in [2.24, 2.45) is 5.41 Å². The highest BCUT2D eigenvalue weighted by molar-refractivity contribution is 7.53. The van der Waals surface area contributed by atoms with Gasteiger partial charge in [0.1, 0.15) is 0 Å². The van der Waals surface area contributed by atoms with E-state index < -0.39 is 7.60 Å². The number of benzene rings is 1. The molecule has 0 aromatic heterocycles. The number of rotatable bonds is 6. The van der Waals surface area contributed by atoms with E-state index in [1.165, 1.54) is 0 Å². The van der Waals surface area contributed by atoms with Crippen LogP contribution in [-0.2, 0) is 19.8 Å². The zero-order valence-electron chi connectivity index (χ0n) is 13.0. The molecule has 1 fully saturated rings. The van der Waals surface area contributed by atoms with Crippen molar-refractivity contribution >= 4 is 13.3 Å². The number of unbranched alkanes of at least 4 members (excludes halogenated alkanes) is 1. The maximum Gasteiger partial charge on any atom is 0.335 e. The molecule has 2 rings (SSSR count). The Hall–Kier alpha value is -0.830. The number of nitrogens with two attached hydrogens (primary N) is 1. The van der Waals surface area contributed by atoms with Crippen molar-refractivity contribution in [3.63, 3.8) is 0 Å². The molecule has 118 valence electrons. The monoisotopic (exact) mass is 311 g/mol. The molecule has 0 bridgehead atoms. The van der Waals surface area contributed by atoms with Gasteiger partial charge in [0.2, 0.25) is 0 Å². The van der Waals surface area contributed by atoms with E-state index in [0.717, 1.165) is 31.2 Å². The lowest BCUT2D eigenvalue weighted by atomic mass is 9.82. The minimum Gasteiger partial charge on any atom is -0.399 e. The van der Waals surface area contributed by atoms with Gasteiger partial charge in [0.25, 0.3) is 0 Å². The van der Waals surface area contributed by atoms with Crippen LogP contribution in [0.3, 0.4) is 0 Å². The molecule has 2 N–H and O–H groups in total. The van der Waals surface area contributed by atoms with Crippen molar-refractivity contribution in [2.75, 3.05) is 18.9 Å². The number of nitrogen functional groups attached to an aromatic ring is 1. The highest BCUT2D eigenvalue weighted by atomic mass is 31.2. The van der Waals surface area contributed by atoms with Crippen molar-refractivity contribution in [1.82, 2.24) is 0 Å². The second-order valence-electron chi connectivity index (χ2n) is 6.01. The average molecular weight is 311 g/mol. The Kier molecular flexibility index (Phi) is 5.48. The second kappa shape index (κ2) is 6.95. The summed E-state index contributed by atoms with van der Waals surface area (Å²) in [5, 5.41) is 0. The molecule has 0 atom stereocenters. The van der Waals surface area contributed by atoms with E-state index >= 15 is 0 Å². The van der Waals surface area contributed by atoms with E-state index in [2.05, 4.69) is 13.8 Å². The van der Waals surface area contributed by atoms with Crippen LogP contribution in [0, 0.1) is 5.41 Å². The van der Waals surface area contributed by atoms with Crippen LogP contribution in [0.2, 0.25) is 0 Å². The van der Waals surface area contributed by atoms with Gasteiger partial charge in [-0.1, -0.05) is 38.8 Å². The van der Waals surface area contributed by atoms with Crippen LogP contribution < -0.4 is 5.73 Å².